The number of methoxy groups -OCH3 is 1. The Hall–Kier alpha value is -1.06. The number of rotatable bonds is 3. The molecule has 0 aliphatic carbocycles. The number of amides is 1. The lowest BCUT2D eigenvalue weighted by molar-refractivity contribution is -0.142. The van der Waals surface area contributed by atoms with E-state index < -0.39 is 0 Å². The molecule has 1 amide bonds. The summed E-state index contributed by atoms with van der Waals surface area (Å²) in [5, 5.41) is 0. The molecule has 0 bridgehead atoms. The van der Waals surface area contributed by atoms with Crippen LogP contribution >= 0.6 is 0 Å². The summed E-state index contributed by atoms with van der Waals surface area (Å²) < 4.78 is 4.67. The maximum Gasteiger partial charge on any atom is 0.305 e. The van der Waals surface area contributed by atoms with E-state index in [4.69, 9.17) is 0 Å². The lowest BCUT2D eigenvalue weighted by atomic mass is 9.89. The number of piperidine rings is 1. The van der Waals surface area contributed by atoms with Gasteiger partial charge in [0.05, 0.1) is 7.11 Å². The van der Waals surface area contributed by atoms with Crippen LogP contribution in [-0.4, -0.2) is 37.0 Å². The van der Waals surface area contributed by atoms with Gasteiger partial charge in [0.25, 0.3) is 0 Å². The largest absolute Gasteiger partial charge is 0.469 e. The van der Waals surface area contributed by atoms with E-state index in [1.165, 1.54) is 7.11 Å². The minimum atomic E-state index is -0.144. The molecule has 0 aromatic rings. The van der Waals surface area contributed by atoms with Gasteiger partial charge in [-0.3, -0.25) is 9.59 Å². The highest BCUT2D eigenvalue weighted by Crippen LogP contribution is 2.24. The summed E-state index contributed by atoms with van der Waals surface area (Å²) >= 11 is 0. The first-order chi connectivity index (χ1) is 8.31. The maximum absolute atomic E-state index is 12.0. The molecule has 1 rings (SSSR count). The normalized spacial score (nSPS) is 17.7. The molecule has 1 heterocycles. The Bertz CT molecular complexity index is 299. The second-order valence-corrected chi connectivity index (χ2v) is 6.34. The summed E-state index contributed by atoms with van der Waals surface area (Å²) in [4.78, 5) is 25.1. The minimum absolute atomic E-state index is 0.0416. The van der Waals surface area contributed by atoms with Crippen molar-refractivity contribution in [2.24, 2.45) is 11.3 Å². The number of carbonyl (C=O) groups is 2. The van der Waals surface area contributed by atoms with Gasteiger partial charge < -0.3 is 9.64 Å². The minimum Gasteiger partial charge on any atom is -0.469 e. The average Bonchev–Trinajstić information content (AvgIpc) is 2.27. The van der Waals surface area contributed by atoms with Crippen LogP contribution in [0.2, 0.25) is 0 Å². The van der Waals surface area contributed by atoms with Crippen LogP contribution in [-0.2, 0) is 14.3 Å². The first-order valence-corrected chi connectivity index (χ1v) is 6.66. The standard InChI is InChI=1S/C14H25NO3/c1-14(2,3)10-12(16)15-7-5-11(6-8-15)9-13(17)18-4/h11H,5-10H2,1-4H3. The van der Waals surface area contributed by atoms with Crippen LogP contribution < -0.4 is 0 Å². The number of ether oxygens (including phenoxy) is 1. The molecule has 0 spiro atoms. The van der Waals surface area contributed by atoms with Gasteiger partial charge in [-0.15, -0.1) is 0 Å². The Morgan fingerprint density at radius 3 is 2.22 bits per heavy atom. The zero-order chi connectivity index (χ0) is 13.8. The smallest absolute Gasteiger partial charge is 0.305 e. The molecule has 1 saturated heterocycles. The fourth-order valence-electron chi connectivity index (χ4n) is 2.27. The van der Waals surface area contributed by atoms with Gasteiger partial charge in [0, 0.05) is 25.9 Å². The van der Waals surface area contributed by atoms with Crippen LogP contribution in [0.3, 0.4) is 0 Å². The molecule has 0 aromatic carbocycles. The summed E-state index contributed by atoms with van der Waals surface area (Å²) in [6.45, 7) is 7.78. The molecule has 1 fully saturated rings. The number of nitrogens with zero attached hydrogens (tertiary/aromatic N) is 1. The SMILES string of the molecule is COC(=O)CC1CCN(C(=O)CC(C)(C)C)CC1. The Balaban J connectivity index is 2.35. The van der Waals surface area contributed by atoms with Crippen LogP contribution in [0, 0.1) is 11.3 Å². The number of carbonyl (C=O) groups excluding carboxylic acids is 2. The fraction of sp³-hybridized carbons (Fsp3) is 0.857. The van der Waals surface area contributed by atoms with Crippen LogP contribution in [0.15, 0.2) is 0 Å². The monoisotopic (exact) mass is 255 g/mol. The highest BCUT2D eigenvalue weighted by Gasteiger charge is 2.26. The van der Waals surface area contributed by atoms with Crippen molar-refractivity contribution >= 4 is 11.9 Å². The van der Waals surface area contributed by atoms with Gasteiger partial charge >= 0.3 is 5.97 Å². The summed E-state index contributed by atoms with van der Waals surface area (Å²) in [7, 11) is 1.42. The van der Waals surface area contributed by atoms with Gasteiger partial charge in [0.1, 0.15) is 0 Å². The molecule has 0 radical (unpaired) electrons. The van der Waals surface area contributed by atoms with Crippen molar-refractivity contribution in [1.82, 2.24) is 4.90 Å². The molecule has 0 unspecified atom stereocenters. The van der Waals surface area contributed by atoms with E-state index in [9.17, 15) is 9.59 Å². The number of hydrogen-bond acceptors (Lipinski definition) is 3. The molecule has 0 saturated carbocycles. The summed E-state index contributed by atoms with van der Waals surface area (Å²) in [6, 6.07) is 0. The van der Waals surface area contributed by atoms with E-state index in [2.05, 4.69) is 25.5 Å². The molecule has 104 valence electrons. The average molecular weight is 255 g/mol. The molecule has 0 atom stereocenters. The summed E-state index contributed by atoms with van der Waals surface area (Å²) in [5.41, 5.74) is 0.0416. The summed E-state index contributed by atoms with van der Waals surface area (Å²) in [5.74, 6) is 0.463. The Kier molecular flexibility index (Phi) is 5.17. The molecule has 4 heteroatoms. The Morgan fingerprint density at radius 1 is 1.22 bits per heavy atom. The maximum atomic E-state index is 12.0. The highest BCUT2D eigenvalue weighted by molar-refractivity contribution is 5.77. The van der Waals surface area contributed by atoms with Crippen molar-refractivity contribution < 1.29 is 14.3 Å². The molecular weight excluding hydrogens is 230 g/mol. The van der Waals surface area contributed by atoms with Crippen molar-refractivity contribution in [3.05, 3.63) is 0 Å². The molecule has 0 aromatic heterocycles. The molecule has 0 N–H and O–H groups in total. The predicted octanol–water partition coefficient (Wildman–Crippen LogP) is 2.22. The molecular formula is C14H25NO3. The molecule has 4 nitrogen and oxygen atoms in total. The Morgan fingerprint density at radius 2 is 1.78 bits per heavy atom. The quantitative estimate of drug-likeness (QED) is 0.726. The van der Waals surface area contributed by atoms with Crippen molar-refractivity contribution in [3.63, 3.8) is 0 Å². The second-order valence-electron chi connectivity index (χ2n) is 6.34. The van der Waals surface area contributed by atoms with Crippen LogP contribution in [0.1, 0.15) is 46.5 Å². The zero-order valence-electron chi connectivity index (χ0n) is 12.0. The number of esters is 1. The zero-order valence-corrected chi connectivity index (χ0v) is 12.0. The van der Waals surface area contributed by atoms with Gasteiger partial charge in [0.15, 0.2) is 0 Å². The van der Waals surface area contributed by atoms with Gasteiger partial charge in [-0.1, -0.05) is 20.8 Å². The van der Waals surface area contributed by atoms with Crippen LogP contribution in [0.4, 0.5) is 0 Å². The third-order valence-corrected chi connectivity index (χ3v) is 3.33. The van der Waals surface area contributed by atoms with Crippen molar-refractivity contribution in [3.8, 4) is 0 Å². The third kappa shape index (κ3) is 5.07. The van der Waals surface area contributed by atoms with Crippen molar-refractivity contribution in [1.29, 1.82) is 0 Å². The van der Waals surface area contributed by atoms with Gasteiger partial charge in [-0.05, 0) is 24.2 Å². The van der Waals surface area contributed by atoms with Crippen molar-refractivity contribution in [2.45, 2.75) is 46.5 Å². The van der Waals surface area contributed by atoms with E-state index in [1.807, 2.05) is 4.90 Å². The van der Waals surface area contributed by atoms with E-state index in [0.29, 0.717) is 18.8 Å². The highest BCUT2D eigenvalue weighted by atomic mass is 16.5. The lowest BCUT2D eigenvalue weighted by Crippen LogP contribution is -2.40. The second kappa shape index (κ2) is 6.21. The molecule has 18 heavy (non-hydrogen) atoms. The van der Waals surface area contributed by atoms with E-state index >= 15 is 0 Å². The van der Waals surface area contributed by atoms with E-state index in [1.54, 1.807) is 0 Å². The van der Waals surface area contributed by atoms with Crippen LogP contribution in [0.25, 0.3) is 0 Å². The summed E-state index contributed by atoms with van der Waals surface area (Å²) in [6.07, 6.45) is 2.89. The van der Waals surface area contributed by atoms with Crippen molar-refractivity contribution in [2.75, 3.05) is 20.2 Å². The molecule has 1 aliphatic rings. The lowest BCUT2D eigenvalue weighted by Gasteiger charge is -2.33. The van der Waals surface area contributed by atoms with Gasteiger partial charge in [0.2, 0.25) is 5.91 Å². The predicted molar refractivity (Wildman–Crippen MR) is 70.0 cm³/mol. The van der Waals surface area contributed by atoms with Gasteiger partial charge in [-0.25, -0.2) is 0 Å². The first kappa shape index (κ1) is 15.0. The first-order valence-electron chi connectivity index (χ1n) is 6.66. The van der Waals surface area contributed by atoms with Crippen LogP contribution in [0.5, 0.6) is 0 Å². The number of hydrogen-bond donors (Lipinski definition) is 0. The van der Waals surface area contributed by atoms with Gasteiger partial charge in [-0.2, -0.15) is 0 Å². The number of likely N-dealkylation sites (tertiary alicyclic amines) is 1. The third-order valence-electron chi connectivity index (χ3n) is 3.33. The van der Waals surface area contributed by atoms with E-state index in [0.717, 1.165) is 25.9 Å². The van der Waals surface area contributed by atoms with E-state index in [-0.39, 0.29) is 17.3 Å². The Labute approximate surface area is 110 Å². The fourth-order valence-corrected chi connectivity index (χ4v) is 2.27. The molecule has 1 aliphatic heterocycles. The topological polar surface area (TPSA) is 46.6 Å².